The number of hydrogen-bond donors (Lipinski definition) is 2. The van der Waals surface area contributed by atoms with E-state index in [0.29, 0.717) is 17.7 Å². The van der Waals surface area contributed by atoms with Crippen LogP contribution in [0.3, 0.4) is 0 Å². The highest BCUT2D eigenvalue weighted by Gasteiger charge is 2.18. The van der Waals surface area contributed by atoms with Gasteiger partial charge in [0.25, 0.3) is 0 Å². The summed E-state index contributed by atoms with van der Waals surface area (Å²) in [6.07, 6.45) is 2.08. The SMILES string of the molecule is CC[C@@H](N)c1ccc(Cl)c(Oc2ccnc(N)c2)c1F. The summed E-state index contributed by atoms with van der Waals surface area (Å²) >= 11 is 5.99. The van der Waals surface area contributed by atoms with Crippen LogP contribution in [0.4, 0.5) is 10.2 Å². The number of nitrogen functional groups attached to an aromatic ring is 1. The number of rotatable bonds is 4. The summed E-state index contributed by atoms with van der Waals surface area (Å²) in [4.78, 5) is 3.84. The fourth-order valence-corrected chi connectivity index (χ4v) is 1.94. The molecule has 0 radical (unpaired) electrons. The standard InChI is InChI=1S/C14H15ClFN3O/c1-2-11(17)9-3-4-10(15)14(13(9)16)20-8-5-6-19-12(18)7-8/h3-7,11H,2,17H2,1H3,(H2,18,19)/t11-/m1/s1. The smallest absolute Gasteiger partial charge is 0.181 e. The van der Waals surface area contributed by atoms with Gasteiger partial charge in [-0.3, -0.25) is 0 Å². The summed E-state index contributed by atoms with van der Waals surface area (Å²) in [5.41, 5.74) is 11.8. The minimum Gasteiger partial charge on any atom is -0.452 e. The first-order valence-electron chi connectivity index (χ1n) is 6.15. The molecule has 1 aromatic heterocycles. The minimum absolute atomic E-state index is 0.0568. The number of nitrogens with two attached hydrogens (primary N) is 2. The van der Waals surface area contributed by atoms with Gasteiger partial charge in [-0.2, -0.15) is 0 Å². The number of nitrogens with zero attached hydrogens (tertiary/aromatic N) is 1. The number of pyridine rings is 1. The molecule has 0 aliphatic carbocycles. The van der Waals surface area contributed by atoms with Gasteiger partial charge < -0.3 is 16.2 Å². The third kappa shape index (κ3) is 3.00. The van der Waals surface area contributed by atoms with E-state index >= 15 is 0 Å². The predicted octanol–water partition coefficient (Wildman–Crippen LogP) is 3.66. The van der Waals surface area contributed by atoms with Crippen molar-refractivity contribution in [2.75, 3.05) is 5.73 Å². The second-order valence-electron chi connectivity index (χ2n) is 4.31. The van der Waals surface area contributed by atoms with Gasteiger partial charge in [0.2, 0.25) is 0 Å². The number of aromatic nitrogens is 1. The van der Waals surface area contributed by atoms with Crippen LogP contribution in [0.2, 0.25) is 5.02 Å². The summed E-state index contributed by atoms with van der Waals surface area (Å²) in [5, 5.41) is 0.171. The number of halogens is 2. The molecule has 6 heteroatoms. The first-order valence-corrected chi connectivity index (χ1v) is 6.53. The van der Waals surface area contributed by atoms with Crippen LogP contribution in [0, 0.1) is 5.82 Å². The third-order valence-electron chi connectivity index (χ3n) is 2.89. The van der Waals surface area contributed by atoms with Crippen molar-refractivity contribution in [3.8, 4) is 11.5 Å². The zero-order chi connectivity index (χ0) is 14.7. The molecule has 1 aromatic carbocycles. The summed E-state index contributed by atoms with van der Waals surface area (Å²) < 4.78 is 19.9. The second-order valence-corrected chi connectivity index (χ2v) is 4.72. The summed E-state index contributed by atoms with van der Waals surface area (Å²) in [5.74, 6) is 0.0295. The van der Waals surface area contributed by atoms with Crippen LogP contribution in [0.25, 0.3) is 0 Å². The number of ether oxygens (including phenoxy) is 1. The molecule has 106 valence electrons. The van der Waals surface area contributed by atoms with Crippen LogP contribution >= 0.6 is 11.6 Å². The molecule has 0 spiro atoms. The lowest BCUT2D eigenvalue weighted by molar-refractivity contribution is 0.434. The minimum atomic E-state index is -0.553. The van der Waals surface area contributed by atoms with Crippen molar-refractivity contribution in [1.82, 2.24) is 4.98 Å². The topological polar surface area (TPSA) is 74.2 Å². The van der Waals surface area contributed by atoms with E-state index in [-0.39, 0.29) is 16.6 Å². The van der Waals surface area contributed by atoms with Crippen molar-refractivity contribution in [2.45, 2.75) is 19.4 Å². The molecular weight excluding hydrogens is 281 g/mol. The molecule has 1 atom stereocenters. The fraction of sp³-hybridized carbons (Fsp3) is 0.214. The van der Waals surface area contributed by atoms with Gasteiger partial charge in [-0.1, -0.05) is 24.6 Å². The van der Waals surface area contributed by atoms with Gasteiger partial charge in [0, 0.05) is 23.9 Å². The van der Waals surface area contributed by atoms with Crippen LogP contribution < -0.4 is 16.2 Å². The van der Waals surface area contributed by atoms with Crippen molar-refractivity contribution in [2.24, 2.45) is 5.73 Å². The van der Waals surface area contributed by atoms with Gasteiger partial charge in [-0.25, -0.2) is 9.37 Å². The molecule has 2 aromatic rings. The Kier molecular flexibility index (Phi) is 4.42. The maximum Gasteiger partial charge on any atom is 0.181 e. The number of benzene rings is 1. The van der Waals surface area contributed by atoms with Crippen LogP contribution in [0.1, 0.15) is 24.9 Å². The zero-order valence-electron chi connectivity index (χ0n) is 10.9. The van der Waals surface area contributed by atoms with Gasteiger partial charge in [0.05, 0.1) is 5.02 Å². The van der Waals surface area contributed by atoms with E-state index in [0.717, 1.165) is 0 Å². The summed E-state index contributed by atoms with van der Waals surface area (Å²) in [6.45, 7) is 1.88. The number of hydrogen-bond acceptors (Lipinski definition) is 4. The first kappa shape index (κ1) is 14.6. The molecule has 4 nitrogen and oxygen atoms in total. The molecule has 0 amide bonds. The van der Waals surface area contributed by atoms with Crippen molar-refractivity contribution < 1.29 is 9.13 Å². The van der Waals surface area contributed by atoms with Crippen LogP contribution in [-0.2, 0) is 0 Å². The first-order chi connectivity index (χ1) is 9.52. The Labute approximate surface area is 121 Å². The fourth-order valence-electron chi connectivity index (χ4n) is 1.76. The predicted molar refractivity (Wildman–Crippen MR) is 77.4 cm³/mol. The van der Waals surface area contributed by atoms with Gasteiger partial charge >= 0.3 is 0 Å². The Morgan fingerprint density at radius 3 is 2.80 bits per heavy atom. The van der Waals surface area contributed by atoms with Crippen LogP contribution in [0.15, 0.2) is 30.5 Å². The molecule has 1 heterocycles. The molecule has 0 saturated heterocycles. The average Bonchev–Trinajstić information content (AvgIpc) is 2.43. The largest absolute Gasteiger partial charge is 0.452 e. The maximum atomic E-state index is 14.4. The van der Waals surface area contributed by atoms with Gasteiger partial charge in [0.1, 0.15) is 11.6 Å². The van der Waals surface area contributed by atoms with E-state index in [9.17, 15) is 4.39 Å². The Bertz CT molecular complexity index is 621. The van der Waals surface area contributed by atoms with Crippen molar-refractivity contribution in [3.05, 3.63) is 46.9 Å². The second kappa shape index (κ2) is 6.07. The Morgan fingerprint density at radius 1 is 1.40 bits per heavy atom. The molecule has 4 N–H and O–H groups in total. The summed E-state index contributed by atoms with van der Waals surface area (Å²) in [6, 6.07) is 5.78. The molecule has 2 rings (SSSR count). The maximum absolute atomic E-state index is 14.4. The van der Waals surface area contributed by atoms with E-state index in [2.05, 4.69) is 4.98 Å². The molecule has 0 saturated carbocycles. The lowest BCUT2D eigenvalue weighted by Crippen LogP contribution is -2.11. The van der Waals surface area contributed by atoms with Crippen molar-refractivity contribution in [1.29, 1.82) is 0 Å². The molecule has 0 aliphatic rings. The third-order valence-corrected chi connectivity index (χ3v) is 3.19. The molecule has 0 fully saturated rings. The molecule has 20 heavy (non-hydrogen) atoms. The highest BCUT2D eigenvalue weighted by atomic mass is 35.5. The van der Waals surface area contributed by atoms with Gasteiger partial charge in [-0.05, 0) is 18.6 Å². The highest BCUT2D eigenvalue weighted by Crippen LogP contribution is 2.36. The van der Waals surface area contributed by atoms with E-state index in [1.807, 2.05) is 6.92 Å². The Balaban J connectivity index is 2.40. The van der Waals surface area contributed by atoms with Gasteiger partial charge in [0.15, 0.2) is 11.6 Å². The Hall–Kier alpha value is -1.85. The number of anilines is 1. The van der Waals surface area contributed by atoms with E-state index < -0.39 is 11.9 Å². The summed E-state index contributed by atoms with van der Waals surface area (Å²) in [7, 11) is 0. The highest BCUT2D eigenvalue weighted by molar-refractivity contribution is 6.32. The van der Waals surface area contributed by atoms with E-state index in [1.54, 1.807) is 18.2 Å². The molecule has 0 bridgehead atoms. The van der Waals surface area contributed by atoms with E-state index in [1.165, 1.54) is 12.3 Å². The van der Waals surface area contributed by atoms with Crippen molar-refractivity contribution >= 4 is 17.4 Å². The van der Waals surface area contributed by atoms with Crippen molar-refractivity contribution in [3.63, 3.8) is 0 Å². The Morgan fingerprint density at radius 2 is 2.15 bits per heavy atom. The normalized spacial score (nSPS) is 12.2. The molecule has 0 aliphatic heterocycles. The van der Waals surface area contributed by atoms with E-state index in [4.69, 9.17) is 27.8 Å². The zero-order valence-corrected chi connectivity index (χ0v) is 11.7. The van der Waals surface area contributed by atoms with Crippen LogP contribution in [0.5, 0.6) is 11.5 Å². The monoisotopic (exact) mass is 295 g/mol. The van der Waals surface area contributed by atoms with Gasteiger partial charge in [-0.15, -0.1) is 0 Å². The lowest BCUT2D eigenvalue weighted by atomic mass is 10.0. The average molecular weight is 296 g/mol. The molecular formula is C14H15ClFN3O. The molecule has 0 unspecified atom stereocenters. The quantitative estimate of drug-likeness (QED) is 0.902. The lowest BCUT2D eigenvalue weighted by Gasteiger charge is -2.15. The van der Waals surface area contributed by atoms with Crippen LogP contribution in [-0.4, -0.2) is 4.98 Å².